The summed E-state index contributed by atoms with van der Waals surface area (Å²) in [5.74, 6) is 1.61. The molecule has 2 rings (SSSR count). The number of hydrogen-bond donors (Lipinski definition) is 2. The molecule has 1 aromatic carbocycles. The number of nitrogens with one attached hydrogen (secondary N) is 1. The summed E-state index contributed by atoms with van der Waals surface area (Å²) in [5, 5.41) is 3.27. The second kappa shape index (κ2) is 5.39. The summed E-state index contributed by atoms with van der Waals surface area (Å²) in [6, 6.07) is 5.76. The van der Waals surface area contributed by atoms with Crippen LogP contribution < -0.4 is 11.1 Å². The molecule has 17 heavy (non-hydrogen) atoms. The second-order valence-corrected chi connectivity index (χ2v) is 4.83. The molecule has 0 bridgehead atoms. The van der Waals surface area contributed by atoms with E-state index in [1.807, 2.05) is 25.1 Å². The van der Waals surface area contributed by atoms with Gasteiger partial charge in [-0.3, -0.25) is 0 Å². The predicted molar refractivity (Wildman–Crippen MR) is 76.8 cm³/mol. The molecule has 0 aliphatic heterocycles. The van der Waals surface area contributed by atoms with Gasteiger partial charge in [0.25, 0.3) is 0 Å². The monoisotopic (exact) mass is 343 g/mol. The van der Waals surface area contributed by atoms with Crippen LogP contribution in [0.3, 0.4) is 0 Å². The highest BCUT2D eigenvalue weighted by Crippen LogP contribution is 2.21. The molecule has 0 spiro atoms. The largest absolute Gasteiger partial charge is 0.444 e. The molecule has 1 aromatic heterocycles. The van der Waals surface area contributed by atoms with Gasteiger partial charge in [-0.2, -0.15) is 0 Å². The van der Waals surface area contributed by atoms with Crippen molar-refractivity contribution in [3.63, 3.8) is 0 Å². The van der Waals surface area contributed by atoms with Crippen LogP contribution in [-0.4, -0.2) is 4.98 Å². The first-order valence-corrected chi connectivity index (χ1v) is 6.49. The third-order valence-electron chi connectivity index (χ3n) is 2.37. The summed E-state index contributed by atoms with van der Waals surface area (Å²) >= 11 is 2.25. The lowest BCUT2D eigenvalue weighted by atomic mass is 10.3. The summed E-state index contributed by atoms with van der Waals surface area (Å²) in [7, 11) is 0. The topological polar surface area (TPSA) is 64.1 Å². The van der Waals surface area contributed by atoms with Gasteiger partial charge in [0, 0.05) is 21.4 Å². The zero-order valence-corrected chi connectivity index (χ0v) is 11.7. The molecule has 0 saturated carbocycles. The first kappa shape index (κ1) is 12.2. The Balaban J connectivity index is 2.02. The molecule has 0 radical (unpaired) electrons. The fourth-order valence-corrected chi connectivity index (χ4v) is 2.17. The van der Waals surface area contributed by atoms with Crippen LogP contribution in [0.4, 0.5) is 11.4 Å². The van der Waals surface area contributed by atoms with Crippen LogP contribution in [0.15, 0.2) is 28.8 Å². The second-order valence-electron chi connectivity index (χ2n) is 3.67. The number of rotatable bonds is 4. The Kier molecular flexibility index (Phi) is 3.88. The van der Waals surface area contributed by atoms with Gasteiger partial charge in [0.1, 0.15) is 5.76 Å². The molecule has 4 nitrogen and oxygen atoms in total. The minimum Gasteiger partial charge on any atom is -0.444 e. The Bertz CT molecular complexity index is 510. The highest BCUT2D eigenvalue weighted by Gasteiger charge is 2.04. The zero-order chi connectivity index (χ0) is 12.3. The van der Waals surface area contributed by atoms with Gasteiger partial charge in [0.05, 0.1) is 12.7 Å². The minimum absolute atomic E-state index is 0.583. The third-order valence-corrected chi connectivity index (χ3v) is 3.27. The van der Waals surface area contributed by atoms with Gasteiger partial charge in [-0.15, -0.1) is 0 Å². The van der Waals surface area contributed by atoms with Crippen molar-refractivity contribution in [1.29, 1.82) is 0 Å². The summed E-state index contributed by atoms with van der Waals surface area (Å²) in [5.41, 5.74) is 7.50. The first-order chi connectivity index (χ1) is 8.19. The van der Waals surface area contributed by atoms with E-state index in [1.165, 1.54) is 0 Å². The van der Waals surface area contributed by atoms with Crippen molar-refractivity contribution in [3.8, 4) is 0 Å². The Morgan fingerprint density at radius 1 is 1.47 bits per heavy atom. The van der Waals surface area contributed by atoms with Crippen molar-refractivity contribution < 1.29 is 4.42 Å². The van der Waals surface area contributed by atoms with Gasteiger partial charge in [-0.25, -0.2) is 4.98 Å². The smallest absolute Gasteiger partial charge is 0.213 e. The Labute approximate surface area is 114 Å². The number of anilines is 2. The van der Waals surface area contributed by atoms with E-state index in [2.05, 4.69) is 32.9 Å². The fourth-order valence-electron chi connectivity index (χ4n) is 1.44. The van der Waals surface area contributed by atoms with Crippen LogP contribution >= 0.6 is 22.6 Å². The van der Waals surface area contributed by atoms with Gasteiger partial charge in [-0.1, -0.05) is 6.92 Å². The van der Waals surface area contributed by atoms with Crippen LogP contribution in [0.1, 0.15) is 18.6 Å². The van der Waals surface area contributed by atoms with Crippen molar-refractivity contribution in [3.05, 3.63) is 39.6 Å². The molecule has 0 fully saturated rings. The molecule has 0 atom stereocenters. The number of nitrogens with two attached hydrogens (primary N) is 1. The molecular formula is C12H14IN3O. The molecule has 2 aromatic rings. The van der Waals surface area contributed by atoms with E-state index >= 15 is 0 Å². The van der Waals surface area contributed by atoms with Crippen molar-refractivity contribution in [2.45, 2.75) is 19.9 Å². The molecule has 0 unspecified atom stereocenters. The standard InChI is InChI=1S/C12H14IN3O/c1-2-9-6-16-12(17-9)7-15-11-4-3-8(14)5-10(11)13/h3-6,15H,2,7,14H2,1H3. The molecule has 0 aliphatic rings. The molecule has 0 saturated heterocycles. The highest BCUT2D eigenvalue weighted by atomic mass is 127. The molecular weight excluding hydrogens is 329 g/mol. The van der Waals surface area contributed by atoms with Crippen molar-refractivity contribution >= 4 is 34.0 Å². The SMILES string of the molecule is CCc1cnc(CNc2ccc(N)cc2I)o1. The number of nitrogens with zero attached hydrogens (tertiary/aromatic N) is 1. The maximum atomic E-state index is 5.69. The van der Waals surface area contributed by atoms with Crippen LogP contribution in [-0.2, 0) is 13.0 Å². The fraction of sp³-hybridized carbons (Fsp3) is 0.250. The maximum Gasteiger partial charge on any atom is 0.213 e. The number of oxazole rings is 1. The van der Waals surface area contributed by atoms with Gasteiger partial charge >= 0.3 is 0 Å². The Morgan fingerprint density at radius 3 is 2.94 bits per heavy atom. The summed E-state index contributed by atoms with van der Waals surface area (Å²) in [4.78, 5) is 4.19. The maximum absolute atomic E-state index is 5.69. The van der Waals surface area contributed by atoms with E-state index in [1.54, 1.807) is 6.20 Å². The minimum atomic E-state index is 0.583. The van der Waals surface area contributed by atoms with Gasteiger partial charge in [0.15, 0.2) is 0 Å². The van der Waals surface area contributed by atoms with Crippen LogP contribution in [0.25, 0.3) is 0 Å². The number of aryl methyl sites for hydroxylation is 1. The molecule has 90 valence electrons. The average molecular weight is 343 g/mol. The zero-order valence-electron chi connectivity index (χ0n) is 9.53. The lowest BCUT2D eigenvalue weighted by Crippen LogP contribution is -2.01. The third kappa shape index (κ3) is 3.12. The first-order valence-electron chi connectivity index (χ1n) is 5.41. The highest BCUT2D eigenvalue weighted by molar-refractivity contribution is 14.1. The molecule has 1 heterocycles. The molecule has 0 amide bonds. The Morgan fingerprint density at radius 2 is 2.29 bits per heavy atom. The number of hydrogen-bond acceptors (Lipinski definition) is 4. The van der Waals surface area contributed by atoms with E-state index in [9.17, 15) is 0 Å². The molecule has 0 aliphatic carbocycles. The lowest BCUT2D eigenvalue weighted by molar-refractivity contribution is 0.466. The van der Waals surface area contributed by atoms with Crippen molar-refractivity contribution in [2.24, 2.45) is 0 Å². The summed E-state index contributed by atoms with van der Waals surface area (Å²) in [6.45, 7) is 2.63. The summed E-state index contributed by atoms with van der Waals surface area (Å²) in [6.07, 6.45) is 2.64. The molecule has 3 N–H and O–H groups in total. The van der Waals surface area contributed by atoms with Gasteiger partial charge in [0.2, 0.25) is 5.89 Å². The number of aromatic nitrogens is 1. The predicted octanol–water partition coefficient (Wildman–Crippen LogP) is 3.04. The normalized spacial score (nSPS) is 10.5. The number of benzene rings is 1. The quantitative estimate of drug-likeness (QED) is 0.662. The van der Waals surface area contributed by atoms with E-state index in [4.69, 9.17) is 10.2 Å². The summed E-state index contributed by atoms with van der Waals surface area (Å²) < 4.78 is 6.61. The van der Waals surface area contributed by atoms with Crippen LogP contribution in [0.2, 0.25) is 0 Å². The van der Waals surface area contributed by atoms with E-state index in [0.29, 0.717) is 12.4 Å². The Hall–Kier alpha value is -1.24. The van der Waals surface area contributed by atoms with E-state index in [-0.39, 0.29) is 0 Å². The molecule has 5 heteroatoms. The van der Waals surface area contributed by atoms with Crippen molar-refractivity contribution in [2.75, 3.05) is 11.1 Å². The van der Waals surface area contributed by atoms with Crippen molar-refractivity contribution in [1.82, 2.24) is 4.98 Å². The van der Waals surface area contributed by atoms with Crippen LogP contribution in [0, 0.1) is 3.57 Å². The number of halogens is 1. The lowest BCUT2D eigenvalue weighted by Gasteiger charge is -2.07. The number of nitrogen functional groups attached to an aromatic ring is 1. The van der Waals surface area contributed by atoms with E-state index < -0.39 is 0 Å². The van der Waals surface area contributed by atoms with Gasteiger partial charge in [-0.05, 0) is 40.8 Å². The van der Waals surface area contributed by atoms with Crippen LogP contribution in [0.5, 0.6) is 0 Å². The van der Waals surface area contributed by atoms with E-state index in [0.717, 1.165) is 27.1 Å². The van der Waals surface area contributed by atoms with Gasteiger partial charge < -0.3 is 15.5 Å². The average Bonchev–Trinajstić information content (AvgIpc) is 2.76.